The van der Waals surface area contributed by atoms with Crippen LogP contribution < -0.4 is 0 Å². The van der Waals surface area contributed by atoms with Crippen LogP contribution in [0.2, 0.25) is 5.02 Å². The Kier molecular flexibility index (Phi) is 4.85. The Morgan fingerprint density at radius 1 is 1.04 bits per heavy atom. The number of carbonyl (C=O) groups excluding carboxylic acids is 2. The lowest BCUT2D eigenvalue weighted by molar-refractivity contribution is -0.141. The lowest BCUT2D eigenvalue weighted by Gasteiger charge is -2.30. The maximum Gasteiger partial charge on any atom is 0.295 e. The quantitative estimate of drug-likeness (QED) is 0.457. The van der Waals surface area contributed by atoms with Gasteiger partial charge in [-0.2, -0.15) is 0 Å². The van der Waals surface area contributed by atoms with E-state index in [0.29, 0.717) is 11.1 Å². The van der Waals surface area contributed by atoms with E-state index >= 15 is 0 Å². The van der Waals surface area contributed by atoms with Gasteiger partial charge in [0.1, 0.15) is 11.5 Å². The maximum atomic E-state index is 12.9. The lowest BCUT2D eigenvalue weighted by atomic mass is 9.94. The van der Waals surface area contributed by atoms with Crippen LogP contribution in [0.15, 0.2) is 54.1 Å². The van der Waals surface area contributed by atoms with Gasteiger partial charge in [-0.15, -0.1) is 0 Å². The highest BCUT2D eigenvalue weighted by atomic mass is 35.5. The van der Waals surface area contributed by atoms with Gasteiger partial charge in [-0.3, -0.25) is 9.59 Å². The molecule has 1 amide bonds. The van der Waals surface area contributed by atoms with Crippen molar-refractivity contribution in [2.45, 2.75) is 37.8 Å². The first-order valence-electron chi connectivity index (χ1n) is 9.33. The molecule has 1 aliphatic heterocycles. The Morgan fingerprint density at radius 2 is 1.71 bits per heavy atom. The van der Waals surface area contributed by atoms with Crippen molar-refractivity contribution in [2.24, 2.45) is 0 Å². The van der Waals surface area contributed by atoms with Crippen LogP contribution in [0.4, 0.5) is 0 Å². The van der Waals surface area contributed by atoms with Gasteiger partial charge in [-0.1, -0.05) is 60.8 Å². The Bertz CT molecular complexity index is 964. The van der Waals surface area contributed by atoms with Gasteiger partial charge in [0.15, 0.2) is 0 Å². The van der Waals surface area contributed by atoms with E-state index in [1.54, 1.807) is 41.3 Å². The second-order valence-corrected chi connectivity index (χ2v) is 7.63. The summed E-state index contributed by atoms with van der Waals surface area (Å²) in [5.41, 5.74) is 1.12. The van der Waals surface area contributed by atoms with Crippen LogP contribution in [-0.4, -0.2) is 32.8 Å². The average molecular weight is 398 g/mol. The monoisotopic (exact) mass is 397 g/mol. The van der Waals surface area contributed by atoms with Gasteiger partial charge in [0.25, 0.3) is 11.7 Å². The number of aromatic hydroxyl groups is 1. The van der Waals surface area contributed by atoms with Crippen LogP contribution in [0.5, 0.6) is 5.75 Å². The molecule has 2 fully saturated rings. The number of ketones is 1. The van der Waals surface area contributed by atoms with Crippen LogP contribution in [0.3, 0.4) is 0 Å². The number of hydrogen-bond donors (Lipinski definition) is 2. The van der Waals surface area contributed by atoms with Crippen molar-refractivity contribution in [3.8, 4) is 5.75 Å². The Balaban J connectivity index is 1.90. The Labute approximate surface area is 167 Å². The molecule has 1 heterocycles. The smallest absolute Gasteiger partial charge is 0.295 e. The molecule has 1 atom stereocenters. The molecule has 0 aromatic heterocycles. The molecule has 2 aromatic rings. The van der Waals surface area contributed by atoms with Crippen molar-refractivity contribution in [3.05, 3.63) is 70.3 Å². The van der Waals surface area contributed by atoms with Crippen LogP contribution in [0, 0.1) is 0 Å². The summed E-state index contributed by atoms with van der Waals surface area (Å²) in [5, 5.41) is 20.8. The zero-order chi connectivity index (χ0) is 19.8. The number of aliphatic hydroxyl groups excluding tert-OH is 1. The summed E-state index contributed by atoms with van der Waals surface area (Å²) in [6, 6.07) is 12.5. The molecule has 1 unspecified atom stereocenters. The van der Waals surface area contributed by atoms with Crippen LogP contribution >= 0.6 is 11.6 Å². The molecule has 0 radical (unpaired) electrons. The van der Waals surface area contributed by atoms with Crippen molar-refractivity contribution in [1.82, 2.24) is 4.90 Å². The van der Waals surface area contributed by atoms with E-state index in [4.69, 9.17) is 11.6 Å². The molecule has 1 saturated carbocycles. The molecule has 144 valence electrons. The number of Topliss-reactive ketones (excluding diaryl/α,β-unsaturated/α-hetero) is 1. The van der Waals surface area contributed by atoms with Crippen molar-refractivity contribution < 1.29 is 19.8 Å². The molecule has 6 heteroatoms. The van der Waals surface area contributed by atoms with E-state index in [0.717, 1.165) is 25.7 Å². The van der Waals surface area contributed by atoms with Crippen molar-refractivity contribution in [2.75, 3.05) is 0 Å². The first kappa shape index (κ1) is 18.6. The summed E-state index contributed by atoms with van der Waals surface area (Å²) in [5.74, 6) is -1.57. The topological polar surface area (TPSA) is 77.8 Å². The van der Waals surface area contributed by atoms with E-state index in [2.05, 4.69) is 0 Å². The van der Waals surface area contributed by atoms with E-state index in [1.807, 2.05) is 6.07 Å². The third kappa shape index (κ3) is 3.06. The van der Waals surface area contributed by atoms with E-state index in [9.17, 15) is 19.8 Å². The number of rotatable bonds is 3. The largest absolute Gasteiger partial charge is 0.507 e. The second kappa shape index (κ2) is 7.32. The summed E-state index contributed by atoms with van der Waals surface area (Å²) < 4.78 is 0. The van der Waals surface area contributed by atoms with Gasteiger partial charge < -0.3 is 15.1 Å². The van der Waals surface area contributed by atoms with Crippen molar-refractivity contribution in [3.63, 3.8) is 0 Å². The fourth-order valence-electron chi connectivity index (χ4n) is 4.18. The third-order valence-corrected chi connectivity index (χ3v) is 5.84. The van der Waals surface area contributed by atoms with E-state index in [1.165, 1.54) is 6.07 Å². The van der Waals surface area contributed by atoms with Gasteiger partial charge in [-0.05, 0) is 30.5 Å². The first-order chi connectivity index (χ1) is 13.5. The molecular weight excluding hydrogens is 378 g/mol. The van der Waals surface area contributed by atoms with Crippen LogP contribution in [0.25, 0.3) is 5.76 Å². The highest BCUT2D eigenvalue weighted by Crippen LogP contribution is 2.44. The number of amides is 1. The maximum absolute atomic E-state index is 12.9. The molecule has 2 aliphatic rings. The minimum Gasteiger partial charge on any atom is -0.507 e. The fraction of sp³-hybridized carbons (Fsp3) is 0.273. The van der Waals surface area contributed by atoms with E-state index < -0.39 is 17.7 Å². The molecule has 2 aromatic carbocycles. The van der Waals surface area contributed by atoms with Crippen molar-refractivity contribution >= 4 is 29.1 Å². The molecule has 0 spiro atoms. The van der Waals surface area contributed by atoms with Gasteiger partial charge >= 0.3 is 0 Å². The van der Waals surface area contributed by atoms with Gasteiger partial charge in [-0.25, -0.2) is 0 Å². The summed E-state index contributed by atoms with van der Waals surface area (Å²) in [6.45, 7) is 0. The first-order valence-corrected chi connectivity index (χ1v) is 9.70. The standard InChI is InChI=1S/C22H20ClNO4/c23-16-12-14(10-11-17(16)25)19-18(20(26)13-6-2-1-3-7-13)21(27)22(28)24(19)15-8-4-5-9-15/h1-3,6-7,10-12,15,19,25-26H,4-5,8-9H2/b20-18-. The number of hydrogen-bond acceptors (Lipinski definition) is 4. The number of aliphatic hydroxyl groups is 1. The molecule has 1 aliphatic carbocycles. The van der Waals surface area contributed by atoms with Crippen LogP contribution in [0.1, 0.15) is 42.9 Å². The summed E-state index contributed by atoms with van der Waals surface area (Å²) in [6.07, 6.45) is 3.63. The number of benzene rings is 2. The predicted octanol–water partition coefficient (Wildman–Crippen LogP) is 4.41. The number of phenolic OH excluding ortho intramolecular Hbond substituents is 1. The number of nitrogens with zero attached hydrogens (tertiary/aromatic N) is 1. The third-order valence-electron chi connectivity index (χ3n) is 5.53. The summed E-state index contributed by atoms with van der Waals surface area (Å²) in [7, 11) is 0. The minimum atomic E-state index is -0.735. The normalized spacial score (nSPS) is 22.2. The molecule has 4 rings (SSSR count). The minimum absolute atomic E-state index is 0.0601. The van der Waals surface area contributed by atoms with E-state index in [-0.39, 0.29) is 28.1 Å². The van der Waals surface area contributed by atoms with Gasteiger partial charge in [0, 0.05) is 11.6 Å². The highest BCUT2D eigenvalue weighted by Gasteiger charge is 2.49. The zero-order valence-corrected chi connectivity index (χ0v) is 15.9. The number of halogens is 1. The molecule has 5 nitrogen and oxygen atoms in total. The highest BCUT2D eigenvalue weighted by molar-refractivity contribution is 6.46. The fourth-order valence-corrected chi connectivity index (χ4v) is 4.37. The predicted molar refractivity (Wildman–Crippen MR) is 106 cm³/mol. The van der Waals surface area contributed by atoms with Gasteiger partial charge in [0.2, 0.25) is 0 Å². The SMILES string of the molecule is O=C1C(=O)N(C2CCCC2)C(c2ccc(O)c(Cl)c2)/C1=C(/O)c1ccccc1. The molecule has 2 N–H and O–H groups in total. The number of carbonyl (C=O) groups is 2. The van der Waals surface area contributed by atoms with Gasteiger partial charge in [0.05, 0.1) is 16.6 Å². The summed E-state index contributed by atoms with van der Waals surface area (Å²) in [4.78, 5) is 27.4. The molecule has 28 heavy (non-hydrogen) atoms. The van der Waals surface area contributed by atoms with Crippen LogP contribution in [-0.2, 0) is 9.59 Å². The number of likely N-dealkylation sites (tertiary alicyclic amines) is 1. The molecule has 0 bridgehead atoms. The Hall–Kier alpha value is -2.79. The molecule has 1 saturated heterocycles. The zero-order valence-electron chi connectivity index (χ0n) is 15.1. The summed E-state index contributed by atoms with van der Waals surface area (Å²) >= 11 is 6.10. The lowest BCUT2D eigenvalue weighted by Crippen LogP contribution is -2.37. The average Bonchev–Trinajstić information content (AvgIpc) is 3.31. The number of phenols is 1. The molecular formula is C22H20ClNO4. The Morgan fingerprint density at radius 3 is 2.36 bits per heavy atom. The van der Waals surface area contributed by atoms with Crippen molar-refractivity contribution in [1.29, 1.82) is 0 Å². The second-order valence-electron chi connectivity index (χ2n) is 7.22.